The van der Waals surface area contributed by atoms with Crippen molar-refractivity contribution in [3.05, 3.63) is 41.6 Å². The van der Waals surface area contributed by atoms with E-state index in [1.165, 1.54) is 0 Å². The van der Waals surface area contributed by atoms with E-state index < -0.39 is 5.97 Å². The van der Waals surface area contributed by atoms with Crippen molar-refractivity contribution < 1.29 is 9.90 Å². The lowest BCUT2D eigenvalue weighted by molar-refractivity contribution is 0.0697. The average Bonchev–Trinajstić information content (AvgIpc) is 2.76. The first kappa shape index (κ1) is 13.1. The third kappa shape index (κ3) is 2.29. The maximum atomic E-state index is 11.0. The molecule has 102 valence electrons. The van der Waals surface area contributed by atoms with Crippen molar-refractivity contribution in [3.8, 4) is 0 Å². The van der Waals surface area contributed by atoms with Gasteiger partial charge in [0.25, 0.3) is 0 Å². The fourth-order valence-electron chi connectivity index (χ4n) is 2.41. The van der Waals surface area contributed by atoms with Crippen LogP contribution in [0.5, 0.6) is 0 Å². The molecule has 4 nitrogen and oxygen atoms in total. The molecule has 1 aromatic heterocycles. The molecule has 0 spiro atoms. The van der Waals surface area contributed by atoms with E-state index in [0.717, 1.165) is 21.6 Å². The van der Waals surface area contributed by atoms with E-state index in [0.29, 0.717) is 0 Å². The first-order valence-corrected chi connectivity index (χ1v) is 7.27. The molecular formula is C15H14N2O2S. The van der Waals surface area contributed by atoms with Crippen LogP contribution in [0.25, 0.3) is 10.9 Å². The van der Waals surface area contributed by atoms with Gasteiger partial charge in [-0.2, -0.15) is 0 Å². The number of hydrogen-bond acceptors (Lipinski definition) is 4. The molecule has 0 aliphatic carbocycles. The van der Waals surface area contributed by atoms with Crippen LogP contribution in [0.15, 0.2) is 35.3 Å². The quantitative estimate of drug-likeness (QED) is 0.917. The maximum absolute atomic E-state index is 11.0. The molecule has 2 atom stereocenters. The van der Waals surface area contributed by atoms with Gasteiger partial charge in [0.15, 0.2) is 0 Å². The van der Waals surface area contributed by atoms with Crippen molar-refractivity contribution in [2.24, 2.45) is 4.99 Å². The molecule has 20 heavy (non-hydrogen) atoms. The SMILES string of the molecule is CC1=NC(C)C(c2ccc3cc(C(=O)O)ccc3n2)S1. The first-order chi connectivity index (χ1) is 9.54. The van der Waals surface area contributed by atoms with Crippen molar-refractivity contribution in [3.63, 3.8) is 0 Å². The van der Waals surface area contributed by atoms with Crippen LogP contribution in [0.1, 0.15) is 35.1 Å². The highest BCUT2D eigenvalue weighted by Gasteiger charge is 2.27. The summed E-state index contributed by atoms with van der Waals surface area (Å²) in [7, 11) is 0. The number of fused-ring (bicyclic) bond motifs is 1. The van der Waals surface area contributed by atoms with E-state index in [1.54, 1.807) is 30.0 Å². The molecule has 2 heterocycles. The van der Waals surface area contributed by atoms with E-state index >= 15 is 0 Å². The molecule has 5 heteroatoms. The summed E-state index contributed by atoms with van der Waals surface area (Å²) in [5.41, 5.74) is 2.11. The number of carboxylic acid groups (broad SMARTS) is 1. The van der Waals surface area contributed by atoms with Gasteiger partial charge in [-0.3, -0.25) is 9.98 Å². The number of thioether (sulfide) groups is 1. The predicted octanol–water partition coefficient (Wildman–Crippen LogP) is 3.53. The van der Waals surface area contributed by atoms with E-state index in [2.05, 4.69) is 16.9 Å². The van der Waals surface area contributed by atoms with Crippen LogP contribution in [0.3, 0.4) is 0 Å². The van der Waals surface area contributed by atoms with E-state index in [1.807, 2.05) is 19.1 Å². The molecule has 1 N–H and O–H groups in total. The molecule has 0 bridgehead atoms. The molecular weight excluding hydrogens is 272 g/mol. The Kier molecular flexibility index (Phi) is 3.22. The number of benzene rings is 1. The van der Waals surface area contributed by atoms with Crippen LogP contribution >= 0.6 is 11.8 Å². The lowest BCUT2D eigenvalue weighted by Gasteiger charge is -2.13. The molecule has 2 unspecified atom stereocenters. The molecule has 1 aliphatic heterocycles. The van der Waals surface area contributed by atoms with Crippen LogP contribution in [0.4, 0.5) is 0 Å². The number of aromatic nitrogens is 1. The van der Waals surface area contributed by atoms with Crippen LogP contribution in [0, 0.1) is 0 Å². The lowest BCUT2D eigenvalue weighted by atomic mass is 10.1. The highest BCUT2D eigenvalue weighted by molar-refractivity contribution is 8.14. The Morgan fingerprint density at radius 2 is 2.10 bits per heavy atom. The number of carbonyl (C=O) groups is 1. The molecule has 0 fully saturated rings. The van der Waals surface area contributed by atoms with Crippen molar-refractivity contribution in [1.29, 1.82) is 0 Å². The fourth-order valence-corrected chi connectivity index (χ4v) is 3.51. The average molecular weight is 286 g/mol. The summed E-state index contributed by atoms with van der Waals surface area (Å²) in [6, 6.07) is 9.14. The summed E-state index contributed by atoms with van der Waals surface area (Å²) in [5, 5.41) is 11.2. The monoisotopic (exact) mass is 286 g/mol. The predicted molar refractivity (Wildman–Crippen MR) is 81.6 cm³/mol. The zero-order chi connectivity index (χ0) is 14.3. The van der Waals surface area contributed by atoms with Gasteiger partial charge in [-0.25, -0.2) is 4.79 Å². The molecule has 3 rings (SSSR count). The summed E-state index contributed by atoms with van der Waals surface area (Å²) in [6.07, 6.45) is 0. The Morgan fingerprint density at radius 3 is 2.75 bits per heavy atom. The minimum atomic E-state index is -0.917. The Labute approximate surface area is 120 Å². The number of aromatic carboxylic acids is 1. The highest BCUT2D eigenvalue weighted by Crippen LogP contribution is 2.39. The number of carboxylic acids is 1. The number of hydrogen-bond donors (Lipinski definition) is 1. The second-order valence-electron chi connectivity index (χ2n) is 4.88. The smallest absolute Gasteiger partial charge is 0.335 e. The number of pyridine rings is 1. The summed E-state index contributed by atoms with van der Waals surface area (Å²) < 4.78 is 0. The number of rotatable bonds is 2. The Morgan fingerprint density at radius 1 is 1.30 bits per heavy atom. The zero-order valence-corrected chi connectivity index (χ0v) is 12.0. The van der Waals surface area contributed by atoms with Crippen LogP contribution in [0.2, 0.25) is 0 Å². The molecule has 0 radical (unpaired) electrons. The van der Waals surface area contributed by atoms with Gasteiger partial charge >= 0.3 is 5.97 Å². The summed E-state index contributed by atoms with van der Waals surface area (Å²) in [4.78, 5) is 20.1. The van der Waals surface area contributed by atoms with Crippen molar-refractivity contribution >= 4 is 33.7 Å². The van der Waals surface area contributed by atoms with Gasteiger partial charge in [0.05, 0.1) is 33.1 Å². The van der Waals surface area contributed by atoms with Crippen LogP contribution < -0.4 is 0 Å². The lowest BCUT2D eigenvalue weighted by Crippen LogP contribution is -2.07. The normalized spacial score (nSPS) is 22.0. The van der Waals surface area contributed by atoms with E-state index in [4.69, 9.17) is 5.11 Å². The third-order valence-corrected chi connectivity index (χ3v) is 4.71. The van der Waals surface area contributed by atoms with Gasteiger partial charge in [-0.05, 0) is 38.1 Å². The van der Waals surface area contributed by atoms with Gasteiger partial charge in [-0.15, -0.1) is 0 Å². The number of aliphatic imine (C=N–C) groups is 1. The summed E-state index contributed by atoms with van der Waals surface area (Å²) in [6.45, 7) is 4.11. The van der Waals surface area contributed by atoms with E-state index in [-0.39, 0.29) is 16.9 Å². The van der Waals surface area contributed by atoms with E-state index in [9.17, 15) is 4.79 Å². The van der Waals surface area contributed by atoms with Gasteiger partial charge in [0, 0.05) is 5.39 Å². The molecule has 0 amide bonds. The Balaban J connectivity index is 2.00. The zero-order valence-electron chi connectivity index (χ0n) is 11.2. The van der Waals surface area contributed by atoms with Crippen LogP contribution in [-0.2, 0) is 0 Å². The number of nitrogens with zero attached hydrogens (tertiary/aromatic N) is 2. The maximum Gasteiger partial charge on any atom is 0.335 e. The molecule has 2 aromatic rings. The Bertz CT molecular complexity index is 727. The van der Waals surface area contributed by atoms with Crippen molar-refractivity contribution in [2.45, 2.75) is 25.1 Å². The Hall–Kier alpha value is -1.88. The topological polar surface area (TPSA) is 62.5 Å². The van der Waals surface area contributed by atoms with Crippen molar-refractivity contribution in [2.75, 3.05) is 0 Å². The molecule has 1 aliphatic rings. The summed E-state index contributed by atoms with van der Waals surface area (Å²) >= 11 is 1.74. The van der Waals surface area contributed by atoms with Crippen molar-refractivity contribution in [1.82, 2.24) is 4.98 Å². The summed E-state index contributed by atoms with van der Waals surface area (Å²) in [5.74, 6) is -0.917. The first-order valence-electron chi connectivity index (χ1n) is 6.39. The fraction of sp³-hybridized carbons (Fsp3) is 0.267. The van der Waals surface area contributed by atoms with Gasteiger partial charge in [-0.1, -0.05) is 17.8 Å². The van der Waals surface area contributed by atoms with Gasteiger partial charge in [0.1, 0.15) is 0 Å². The molecule has 0 saturated heterocycles. The largest absolute Gasteiger partial charge is 0.478 e. The molecule has 1 aromatic carbocycles. The highest BCUT2D eigenvalue weighted by atomic mass is 32.2. The third-order valence-electron chi connectivity index (χ3n) is 3.37. The van der Waals surface area contributed by atoms with Gasteiger partial charge in [0.2, 0.25) is 0 Å². The minimum Gasteiger partial charge on any atom is -0.478 e. The minimum absolute atomic E-state index is 0.225. The second-order valence-corrected chi connectivity index (χ2v) is 6.21. The standard InChI is InChI=1S/C15H14N2O2S/c1-8-14(20-9(2)16-8)13-6-3-10-7-11(15(18)19)4-5-12(10)17-13/h3-8,14H,1-2H3,(H,18,19). The van der Waals surface area contributed by atoms with Gasteiger partial charge < -0.3 is 5.11 Å². The van der Waals surface area contributed by atoms with Crippen LogP contribution in [-0.4, -0.2) is 27.1 Å². The second kappa shape index (κ2) is 4.90. The molecule has 0 saturated carbocycles.